The third-order valence-corrected chi connectivity index (χ3v) is 3.03. The van der Waals surface area contributed by atoms with E-state index in [0.29, 0.717) is 22.9 Å². The van der Waals surface area contributed by atoms with Gasteiger partial charge in [-0.3, -0.25) is 0 Å². The predicted octanol–water partition coefficient (Wildman–Crippen LogP) is 3.83. The lowest BCUT2D eigenvalue weighted by Crippen LogP contribution is -1.99. The Hall–Kier alpha value is -2.18. The molecule has 0 aliphatic heterocycles. The summed E-state index contributed by atoms with van der Waals surface area (Å²) in [5, 5.41) is 12.6. The van der Waals surface area contributed by atoms with E-state index in [4.69, 9.17) is 21.6 Å². The molecule has 0 amide bonds. The van der Waals surface area contributed by atoms with Crippen molar-refractivity contribution in [2.45, 2.75) is 6.54 Å². The quantitative estimate of drug-likeness (QED) is 0.920. The molecule has 0 aromatic heterocycles. The highest BCUT2D eigenvalue weighted by molar-refractivity contribution is 6.32. The van der Waals surface area contributed by atoms with Crippen LogP contribution in [0.4, 0.5) is 5.69 Å². The molecular formula is C15H13ClN2O. The molecule has 3 nitrogen and oxygen atoms in total. The van der Waals surface area contributed by atoms with Crippen LogP contribution in [0, 0.1) is 11.3 Å². The van der Waals surface area contributed by atoms with Gasteiger partial charge in [-0.2, -0.15) is 5.26 Å². The zero-order chi connectivity index (χ0) is 13.7. The van der Waals surface area contributed by atoms with Crippen molar-refractivity contribution in [1.29, 1.82) is 5.26 Å². The highest BCUT2D eigenvalue weighted by Gasteiger charge is 2.01. The molecule has 0 saturated carbocycles. The summed E-state index contributed by atoms with van der Waals surface area (Å²) in [4.78, 5) is 0. The van der Waals surface area contributed by atoms with Crippen LogP contribution in [0.5, 0.6) is 5.75 Å². The summed E-state index contributed by atoms with van der Waals surface area (Å²) < 4.78 is 5.10. The third kappa shape index (κ3) is 3.40. The number of rotatable bonds is 4. The number of hydrogen-bond acceptors (Lipinski definition) is 3. The van der Waals surface area contributed by atoms with Gasteiger partial charge in [-0.15, -0.1) is 0 Å². The largest absolute Gasteiger partial charge is 0.495 e. The molecule has 4 heteroatoms. The van der Waals surface area contributed by atoms with E-state index in [1.54, 1.807) is 19.2 Å². The van der Waals surface area contributed by atoms with Crippen LogP contribution >= 0.6 is 11.6 Å². The number of hydrogen-bond donors (Lipinski definition) is 1. The standard InChI is InChI=1S/C15H13ClN2O/c1-19-15-7-6-13(8-14(15)16)18-10-12-4-2-11(9-17)3-5-12/h2-8,18H,10H2,1H3. The third-order valence-electron chi connectivity index (χ3n) is 2.73. The molecule has 96 valence electrons. The topological polar surface area (TPSA) is 45.0 Å². The Bertz CT molecular complexity index is 603. The number of nitrogens with zero attached hydrogens (tertiary/aromatic N) is 1. The number of nitriles is 1. The molecule has 0 bridgehead atoms. The number of nitrogens with one attached hydrogen (secondary N) is 1. The molecule has 1 N–H and O–H groups in total. The molecule has 19 heavy (non-hydrogen) atoms. The van der Waals surface area contributed by atoms with Gasteiger partial charge in [0.1, 0.15) is 5.75 Å². The second-order valence-corrected chi connectivity index (χ2v) is 4.42. The van der Waals surface area contributed by atoms with Gasteiger partial charge in [0.05, 0.1) is 23.8 Å². The molecule has 0 heterocycles. The molecule has 0 atom stereocenters. The molecular weight excluding hydrogens is 260 g/mol. The van der Waals surface area contributed by atoms with E-state index in [9.17, 15) is 0 Å². The first-order valence-electron chi connectivity index (χ1n) is 5.79. The van der Waals surface area contributed by atoms with Crippen LogP contribution in [0.15, 0.2) is 42.5 Å². The Morgan fingerprint density at radius 2 is 1.95 bits per heavy atom. The van der Waals surface area contributed by atoms with Gasteiger partial charge in [0.15, 0.2) is 0 Å². The van der Waals surface area contributed by atoms with Crippen molar-refractivity contribution in [3.63, 3.8) is 0 Å². The molecule has 2 aromatic rings. The molecule has 0 aliphatic rings. The fourth-order valence-electron chi connectivity index (χ4n) is 1.68. The highest BCUT2D eigenvalue weighted by atomic mass is 35.5. The van der Waals surface area contributed by atoms with Gasteiger partial charge >= 0.3 is 0 Å². The maximum atomic E-state index is 8.72. The Kier molecular flexibility index (Phi) is 4.27. The van der Waals surface area contributed by atoms with Crippen molar-refractivity contribution in [3.05, 3.63) is 58.6 Å². The lowest BCUT2D eigenvalue weighted by atomic mass is 10.1. The van der Waals surface area contributed by atoms with E-state index in [1.165, 1.54) is 0 Å². The van der Waals surface area contributed by atoms with Gasteiger partial charge < -0.3 is 10.1 Å². The molecule has 0 radical (unpaired) electrons. The molecule has 2 rings (SSSR count). The fourth-order valence-corrected chi connectivity index (χ4v) is 1.94. The van der Waals surface area contributed by atoms with E-state index in [1.807, 2.05) is 30.3 Å². The Morgan fingerprint density at radius 1 is 1.21 bits per heavy atom. The van der Waals surface area contributed by atoms with Crippen LogP contribution in [0.3, 0.4) is 0 Å². The average Bonchev–Trinajstić information content (AvgIpc) is 2.46. The van der Waals surface area contributed by atoms with E-state index < -0.39 is 0 Å². The SMILES string of the molecule is COc1ccc(NCc2ccc(C#N)cc2)cc1Cl. The van der Waals surface area contributed by atoms with E-state index in [-0.39, 0.29) is 0 Å². The Balaban J connectivity index is 2.02. The first-order chi connectivity index (χ1) is 9.22. The summed E-state index contributed by atoms with van der Waals surface area (Å²) in [6, 6.07) is 15.1. The van der Waals surface area contributed by atoms with Gasteiger partial charge in [-0.05, 0) is 35.9 Å². The number of ether oxygens (including phenoxy) is 1. The lowest BCUT2D eigenvalue weighted by Gasteiger charge is -2.09. The summed E-state index contributed by atoms with van der Waals surface area (Å²) in [5.41, 5.74) is 2.69. The maximum absolute atomic E-state index is 8.72. The van der Waals surface area contributed by atoms with Crippen molar-refractivity contribution in [2.24, 2.45) is 0 Å². The van der Waals surface area contributed by atoms with Crippen molar-refractivity contribution < 1.29 is 4.74 Å². The van der Waals surface area contributed by atoms with E-state index >= 15 is 0 Å². The minimum Gasteiger partial charge on any atom is -0.495 e. The van der Waals surface area contributed by atoms with E-state index in [2.05, 4.69) is 11.4 Å². The molecule has 0 spiro atoms. The molecule has 2 aromatic carbocycles. The molecule has 0 saturated heterocycles. The van der Waals surface area contributed by atoms with Crippen LogP contribution in [-0.2, 0) is 6.54 Å². The second-order valence-electron chi connectivity index (χ2n) is 4.01. The van der Waals surface area contributed by atoms with Crippen molar-refractivity contribution in [1.82, 2.24) is 0 Å². The zero-order valence-corrected chi connectivity index (χ0v) is 11.2. The van der Waals surface area contributed by atoms with E-state index in [0.717, 1.165) is 11.3 Å². The minimum atomic E-state index is 0.576. The van der Waals surface area contributed by atoms with Crippen molar-refractivity contribution in [2.75, 3.05) is 12.4 Å². The van der Waals surface area contributed by atoms with Gasteiger partial charge in [0.25, 0.3) is 0 Å². The van der Waals surface area contributed by atoms with Crippen molar-refractivity contribution >= 4 is 17.3 Å². The lowest BCUT2D eigenvalue weighted by molar-refractivity contribution is 0.415. The summed E-state index contributed by atoms with van der Waals surface area (Å²) >= 11 is 6.05. The number of methoxy groups -OCH3 is 1. The zero-order valence-electron chi connectivity index (χ0n) is 10.5. The van der Waals surface area contributed by atoms with Crippen LogP contribution in [0.1, 0.15) is 11.1 Å². The minimum absolute atomic E-state index is 0.576. The fraction of sp³-hybridized carbons (Fsp3) is 0.133. The summed E-state index contributed by atoms with van der Waals surface area (Å²) in [6.45, 7) is 0.675. The maximum Gasteiger partial charge on any atom is 0.137 e. The van der Waals surface area contributed by atoms with Gasteiger partial charge in [-0.1, -0.05) is 23.7 Å². The summed E-state index contributed by atoms with van der Waals surface area (Å²) in [5.74, 6) is 0.658. The molecule has 0 aliphatic carbocycles. The monoisotopic (exact) mass is 272 g/mol. The van der Waals surface area contributed by atoms with Crippen LogP contribution in [0.2, 0.25) is 5.02 Å². The predicted molar refractivity (Wildman–Crippen MR) is 76.5 cm³/mol. The number of anilines is 1. The Labute approximate surface area is 117 Å². The van der Waals surface area contributed by atoms with Gasteiger partial charge in [-0.25, -0.2) is 0 Å². The normalized spacial score (nSPS) is 9.74. The van der Waals surface area contributed by atoms with Crippen LogP contribution in [-0.4, -0.2) is 7.11 Å². The second kappa shape index (κ2) is 6.12. The van der Waals surface area contributed by atoms with Crippen LogP contribution in [0.25, 0.3) is 0 Å². The van der Waals surface area contributed by atoms with Crippen molar-refractivity contribution in [3.8, 4) is 11.8 Å². The van der Waals surface area contributed by atoms with Gasteiger partial charge in [0, 0.05) is 12.2 Å². The number of benzene rings is 2. The highest BCUT2D eigenvalue weighted by Crippen LogP contribution is 2.27. The Morgan fingerprint density at radius 3 is 2.53 bits per heavy atom. The molecule has 0 fully saturated rings. The van der Waals surface area contributed by atoms with Crippen LogP contribution < -0.4 is 10.1 Å². The summed E-state index contributed by atoms with van der Waals surface area (Å²) in [6.07, 6.45) is 0. The number of halogens is 1. The summed E-state index contributed by atoms with van der Waals surface area (Å²) in [7, 11) is 1.59. The smallest absolute Gasteiger partial charge is 0.137 e. The molecule has 0 unspecified atom stereocenters. The average molecular weight is 273 g/mol. The first kappa shape index (κ1) is 13.3. The van der Waals surface area contributed by atoms with Gasteiger partial charge in [0.2, 0.25) is 0 Å². The first-order valence-corrected chi connectivity index (χ1v) is 6.17.